The molecule has 0 aromatic rings. The third-order valence-corrected chi connectivity index (χ3v) is 2.51. The summed E-state index contributed by atoms with van der Waals surface area (Å²) in [7, 11) is 0. The Morgan fingerprint density at radius 1 is 1.16 bits per heavy atom. The molecule has 0 rings (SSSR count). The van der Waals surface area contributed by atoms with Crippen molar-refractivity contribution in [1.29, 1.82) is 0 Å². The van der Waals surface area contributed by atoms with E-state index in [1.165, 1.54) is 0 Å². The summed E-state index contributed by atoms with van der Waals surface area (Å²) < 4.78 is 0. The molecule has 1 atom stereocenters. The average molecular weight is 273 g/mol. The van der Waals surface area contributed by atoms with Crippen molar-refractivity contribution in [3.63, 3.8) is 0 Å². The Balaban J connectivity index is 4.37. The van der Waals surface area contributed by atoms with Crippen LogP contribution in [0.5, 0.6) is 0 Å². The number of urea groups is 1. The Hall–Kier alpha value is -1.79. The van der Waals surface area contributed by atoms with Gasteiger partial charge in [0.05, 0.1) is 0 Å². The molecule has 0 spiro atoms. The van der Waals surface area contributed by atoms with E-state index in [1.54, 1.807) is 0 Å². The zero-order valence-electron chi connectivity index (χ0n) is 11.7. The molecule has 19 heavy (non-hydrogen) atoms. The molecule has 7 heteroatoms. The number of primary amides is 1. The highest BCUT2D eigenvalue weighted by molar-refractivity contribution is 5.85. The van der Waals surface area contributed by atoms with Crippen molar-refractivity contribution < 1.29 is 19.5 Å². The van der Waals surface area contributed by atoms with Crippen LogP contribution in [0.1, 0.15) is 33.6 Å². The summed E-state index contributed by atoms with van der Waals surface area (Å²) in [5.41, 5.74) is 4.98. The number of carbonyl (C=O) groups is 3. The Labute approximate surface area is 113 Å². The minimum atomic E-state index is -1.19. The smallest absolute Gasteiger partial charge is 0.323 e. The van der Waals surface area contributed by atoms with Crippen LogP contribution in [-0.4, -0.2) is 47.0 Å². The summed E-state index contributed by atoms with van der Waals surface area (Å²) in [5, 5.41) is 11.3. The van der Waals surface area contributed by atoms with Crippen molar-refractivity contribution >= 4 is 17.9 Å². The molecule has 0 aromatic heterocycles. The fraction of sp³-hybridized carbons (Fsp3) is 0.750. The molecule has 0 aliphatic heterocycles. The van der Waals surface area contributed by atoms with E-state index in [4.69, 9.17) is 10.8 Å². The van der Waals surface area contributed by atoms with Gasteiger partial charge in [-0.15, -0.1) is 0 Å². The third-order valence-electron chi connectivity index (χ3n) is 2.51. The summed E-state index contributed by atoms with van der Waals surface area (Å²) in [4.78, 5) is 34.1. The second-order valence-corrected chi connectivity index (χ2v) is 5.04. The van der Waals surface area contributed by atoms with Crippen LogP contribution >= 0.6 is 0 Å². The van der Waals surface area contributed by atoms with Crippen molar-refractivity contribution in [1.82, 2.24) is 10.2 Å². The van der Waals surface area contributed by atoms with Crippen LogP contribution in [0.15, 0.2) is 0 Å². The van der Waals surface area contributed by atoms with E-state index in [0.717, 1.165) is 17.7 Å². The molecule has 0 aromatic carbocycles. The number of hydrogen-bond acceptors (Lipinski definition) is 3. The quantitative estimate of drug-likeness (QED) is 0.593. The SMILES string of the molecule is CC(C)CCC(C)NC(=O)N(CC(N)=O)CC(=O)O. The summed E-state index contributed by atoms with van der Waals surface area (Å²) in [6.07, 6.45) is 1.75. The summed E-state index contributed by atoms with van der Waals surface area (Å²) in [5.74, 6) is -1.41. The maximum atomic E-state index is 11.8. The summed E-state index contributed by atoms with van der Waals surface area (Å²) >= 11 is 0. The minimum Gasteiger partial charge on any atom is -0.480 e. The van der Waals surface area contributed by atoms with E-state index >= 15 is 0 Å². The van der Waals surface area contributed by atoms with Gasteiger partial charge in [0.15, 0.2) is 0 Å². The monoisotopic (exact) mass is 273 g/mol. The van der Waals surface area contributed by atoms with Crippen LogP contribution in [0.25, 0.3) is 0 Å². The highest BCUT2D eigenvalue weighted by atomic mass is 16.4. The first-order chi connectivity index (χ1) is 8.72. The summed E-state index contributed by atoms with van der Waals surface area (Å²) in [6, 6.07) is -0.670. The van der Waals surface area contributed by atoms with Crippen molar-refractivity contribution in [2.24, 2.45) is 11.7 Å². The molecular weight excluding hydrogens is 250 g/mol. The number of carboxylic acids is 1. The predicted molar refractivity (Wildman–Crippen MR) is 70.5 cm³/mol. The number of nitrogens with zero attached hydrogens (tertiary/aromatic N) is 1. The second-order valence-electron chi connectivity index (χ2n) is 5.04. The van der Waals surface area contributed by atoms with E-state index in [9.17, 15) is 14.4 Å². The molecule has 0 aliphatic rings. The van der Waals surface area contributed by atoms with Gasteiger partial charge in [0.25, 0.3) is 0 Å². The first-order valence-corrected chi connectivity index (χ1v) is 6.28. The van der Waals surface area contributed by atoms with Gasteiger partial charge in [0.2, 0.25) is 5.91 Å². The van der Waals surface area contributed by atoms with E-state index in [0.29, 0.717) is 5.92 Å². The minimum absolute atomic E-state index is 0.0842. The van der Waals surface area contributed by atoms with Crippen molar-refractivity contribution in [3.8, 4) is 0 Å². The molecule has 0 bridgehead atoms. The molecule has 0 saturated heterocycles. The maximum absolute atomic E-state index is 11.8. The molecule has 110 valence electrons. The maximum Gasteiger partial charge on any atom is 0.323 e. The fourth-order valence-electron chi connectivity index (χ4n) is 1.51. The van der Waals surface area contributed by atoms with Crippen LogP contribution in [0, 0.1) is 5.92 Å². The van der Waals surface area contributed by atoms with E-state index in [1.807, 2.05) is 6.92 Å². The molecule has 0 radical (unpaired) electrons. The molecule has 7 nitrogen and oxygen atoms in total. The van der Waals surface area contributed by atoms with Gasteiger partial charge in [-0.25, -0.2) is 4.79 Å². The number of amides is 3. The van der Waals surface area contributed by atoms with Crippen LogP contribution in [-0.2, 0) is 9.59 Å². The fourth-order valence-corrected chi connectivity index (χ4v) is 1.51. The molecule has 0 saturated carbocycles. The van der Waals surface area contributed by atoms with Gasteiger partial charge < -0.3 is 21.1 Å². The second kappa shape index (κ2) is 8.34. The Morgan fingerprint density at radius 3 is 2.16 bits per heavy atom. The lowest BCUT2D eigenvalue weighted by molar-refractivity contribution is -0.137. The van der Waals surface area contributed by atoms with Gasteiger partial charge in [0, 0.05) is 6.04 Å². The standard InChI is InChI=1S/C12H23N3O4/c1-8(2)4-5-9(3)14-12(19)15(6-10(13)16)7-11(17)18/h8-9H,4-7H2,1-3H3,(H2,13,16)(H,14,19)(H,17,18). The van der Waals surface area contributed by atoms with E-state index < -0.39 is 31.0 Å². The Bertz CT molecular complexity index is 315. The molecule has 0 aliphatic carbocycles. The molecule has 0 fully saturated rings. The van der Waals surface area contributed by atoms with Crippen LogP contribution in [0.3, 0.4) is 0 Å². The van der Waals surface area contributed by atoms with Gasteiger partial charge in [-0.1, -0.05) is 13.8 Å². The van der Waals surface area contributed by atoms with Gasteiger partial charge >= 0.3 is 12.0 Å². The zero-order chi connectivity index (χ0) is 15.0. The van der Waals surface area contributed by atoms with Gasteiger partial charge in [-0.2, -0.15) is 0 Å². The average Bonchev–Trinajstić information content (AvgIpc) is 2.24. The van der Waals surface area contributed by atoms with Crippen LogP contribution in [0.2, 0.25) is 0 Å². The van der Waals surface area contributed by atoms with Crippen molar-refractivity contribution in [2.75, 3.05) is 13.1 Å². The Kier molecular flexibility index (Phi) is 7.55. The number of nitrogens with two attached hydrogens (primary N) is 1. The first-order valence-electron chi connectivity index (χ1n) is 6.28. The topological polar surface area (TPSA) is 113 Å². The molecule has 1 unspecified atom stereocenters. The van der Waals surface area contributed by atoms with Crippen LogP contribution in [0.4, 0.5) is 4.79 Å². The lowest BCUT2D eigenvalue weighted by Gasteiger charge is -2.23. The molecule has 4 N–H and O–H groups in total. The molecular formula is C12H23N3O4. The van der Waals surface area contributed by atoms with Crippen LogP contribution < -0.4 is 11.1 Å². The third kappa shape index (κ3) is 8.87. The highest BCUT2D eigenvalue weighted by Crippen LogP contribution is 2.06. The lowest BCUT2D eigenvalue weighted by Crippen LogP contribution is -2.49. The van der Waals surface area contributed by atoms with Crippen molar-refractivity contribution in [2.45, 2.75) is 39.7 Å². The number of aliphatic carboxylic acids is 1. The molecule has 3 amide bonds. The lowest BCUT2D eigenvalue weighted by atomic mass is 10.0. The number of rotatable bonds is 8. The number of carboxylic acid groups (broad SMARTS) is 1. The van der Waals surface area contributed by atoms with E-state index in [2.05, 4.69) is 19.2 Å². The predicted octanol–water partition coefficient (Wildman–Crippen LogP) is 0.393. The normalized spacial score (nSPS) is 12.0. The highest BCUT2D eigenvalue weighted by Gasteiger charge is 2.20. The Morgan fingerprint density at radius 2 is 1.74 bits per heavy atom. The zero-order valence-corrected chi connectivity index (χ0v) is 11.7. The number of carbonyl (C=O) groups excluding carboxylic acids is 2. The number of hydrogen-bond donors (Lipinski definition) is 3. The summed E-state index contributed by atoms with van der Waals surface area (Å²) in [6.45, 7) is 5.04. The van der Waals surface area contributed by atoms with Crippen molar-refractivity contribution in [3.05, 3.63) is 0 Å². The molecule has 0 heterocycles. The number of nitrogens with one attached hydrogen (secondary N) is 1. The van der Waals surface area contributed by atoms with Gasteiger partial charge in [0.1, 0.15) is 13.1 Å². The van der Waals surface area contributed by atoms with Gasteiger partial charge in [-0.3, -0.25) is 9.59 Å². The van der Waals surface area contributed by atoms with Gasteiger partial charge in [-0.05, 0) is 25.7 Å². The first kappa shape index (κ1) is 17.2. The van der Waals surface area contributed by atoms with E-state index in [-0.39, 0.29) is 6.04 Å². The largest absolute Gasteiger partial charge is 0.480 e.